The van der Waals surface area contributed by atoms with Crippen LogP contribution in [0.5, 0.6) is 0 Å². The maximum Gasteiger partial charge on any atom is 0.381 e. The van der Waals surface area contributed by atoms with E-state index in [4.69, 9.17) is 5.11 Å². The third-order valence-electron chi connectivity index (χ3n) is 3.43. The van der Waals surface area contributed by atoms with Crippen LogP contribution in [0.1, 0.15) is 84.0 Å². The normalized spacial score (nSPS) is 11.7. The molecule has 0 radical (unpaired) electrons. The predicted octanol–water partition coefficient (Wildman–Crippen LogP) is 4.14. The molecule has 0 rings (SSSR count). The van der Waals surface area contributed by atoms with Crippen LogP contribution >= 0.6 is 0 Å². The summed E-state index contributed by atoms with van der Waals surface area (Å²) in [6.45, 7) is 2.24. The van der Waals surface area contributed by atoms with Gasteiger partial charge in [0.25, 0.3) is 0 Å². The Labute approximate surface area is 123 Å². The van der Waals surface area contributed by atoms with Gasteiger partial charge in [0, 0.05) is 5.92 Å². The summed E-state index contributed by atoms with van der Waals surface area (Å²) in [5.41, 5.74) is 0. The lowest BCUT2D eigenvalue weighted by Gasteiger charge is -2.04. The number of aliphatic carboxylic acids is 1. The molecule has 0 unspecified atom stereocenters. The average molecular weight is 282 g/mol. The summed E-state index contributed by atoms with van der Waals surface area (Å²) in [6, 6.07) is 0. The van der Waals surface area contributed by atoms with Gasteiger partial charge in [-0.3, -0.25) is 0 Å². The Bertz CT molecular complexity index is 288. The summed E-state index contributed by atoms with van der Waals surface area (Å²) in [5, 5.41) is 17.7. The van der Waals surface area contributed by atoms with Crippen LogP contribution in [0.2, 0.25) is 0 Å². The quantitative estimate of drug-likeness (QED) is 0.418. The average Bonchev–Trinajstić information content (AvgIpc) is 2.42. The zero-order valence-corrected chi connectivity index (χ0v) is 12.9. The third-order valence-corrected chi connectivity index (χ3v) is 3.43. The zero-order valence-electron chi connectivity index (χ0n) is 12.9. The van der Waals surface area contributed by atoms with E-state index in [1.807, 2.05) is 5.92 Å². The van der Waals surface area contributed by atoms with Crippen LogP contribution in [0.25, 0.3) is 0 Å². The van der Waals surface area contributed by atoms with Gasteiger partial charge >= 0.3 is 5.97 Å². The van der Waals surface area contributed by atoms with E-state index in [1.54, 1.807) is 0 Å². The van der Waals surface area contributed by atoms with Gasteiger partial charge in [0.05, 0.1) is 0 Å². The Hall–Kier alpha value is -1.01. The molecule has 0 fully saturated rings. The van der Waals surface area contributed by atoms with E-state index in [9.17, 15) is 9.90 Å². The summed E-state index contributed by atoms with van der Waals surface area (Å²) in [5.74, 6) is 3.10. The molecule has 0 aliphatic heterocycles. The van der Waals surface area contributed by atoms with Crippen LogP contribution < -0.4 is 0 Å². The molecule has 0 aromatic carbocycles. The molecule has 0 amide bonds. The van der Waals surface area contributed by atoms with Crippen LogP contribution in [0.3, 0.4) is 0 Å². The van der Waals surface area contributed by atoms with E-state index < -0.39 is 12.1 Å². The lowest BCUT2D eigenvalue weighted by Crippen LogP contribution is -2.03. The highest BCUT2D eigenvalue weighted by molar-refractivity contribution is 5.86. The Kier molecular flexibility index (Phi) is 13.7. The maximum atomic E-state index is 10.2. The highest BCUT2D eigenvalue weighted by Gasteiger charge is 1.99. The van der Waals surface area contributed by atoms with Crippen molar-refractivity contribution in [1.82, 2.24) is 0 Å². The first-order valence-corrected chi connectivity index (χ1v) is 8.09. The Morgan fingerprint density at radius 3 is 1.80 bits per heavy atom. The van der Waals surface area contributed by atoms with E-state index in [0.717, 1.165) is 12.8 Å². The summed E-state index contributed by atoms with van der Waals surface area (Å²) in [7, 11) is 0. The predicted molar refractivity (Wildman–Crippen MR) is 82.5 cm³/mol. The monoisotopic (exact) mass is 282 g/mol. The number of hydrogen-bond acceptors (Lipinski definition) is 2. The lowest BCUT2D eigenvalue weighted by molar-refractivity contribution is -0.130. The van der Waals surface area contributed by atoms with Gasteiger partial charge in [0.1, 0.15) is 6.10 Å². The molecule has 0 saturated carbocycles. The number of rotatable bonds is 12. The Morgan fingerprint density at radius 1 is 0.900 bits per heavy atom. The molecule has 2 N–H and O–H groups in total. The smallest absolute Gasteiger partial charge is 0.381 e. The number of unbranched alkanes of at least 4 members (excludes halogenated alkanes) is 10. The molecule has 0 aromatic rings. The zero-order chi connectivity index (χ0) is 15.1. The van der Waals surface area contributed by atoms with Gasteiger partial charge in [-0.2, -0.15) is 0 Å². The van der Waals surface area contributed by atoms with Crippen LogP contribution in [0, 0.1) is 11.8 Å². The summed E-state index contributed by atoms with van der Waals surface area (Å²) >= 11 is 0. The number of carbonyl (C=O) groups is 1. The first-order chi connectivity index (χ1) is 9.66. The van der Waals surface area contributed by atoms with Crippen molar-refractivity contribution < 1.29 is 15.0 Å². The molecule has 0 aromatic heterocycles. The minimum Gasteiger partial charge on any atom is -0.472 e. The van der Waals surface area contributed by atoms with Gasteiger partial charge in [-0.05, 0) is 12.8 Å². The van der Waals surface area contributed by atoms with Crippen molar-refractivity contribution in [3.8, 4) is 11.8 Å². The molecule has 0 spiro atoms. The van der Waals surface area contributed by atoms with Crippen molar-refractivity contribution in [1.29, 1.82) is 0 Å². The van der Waals surface area contributed by atoms with Gasteiger partial charge < -0.3 is 10.2 Å². The van der Waals surface area contributed by atoms with Gasteiger partial charge in [-0.25, -0.2) is 4.79 Å². The molecule has 0 aliphatic rings. The van der Waals surface area contributed by atoms with Crippen molar-refractivity contribution >= 4 is 5.97 Å². The second-order valence-corrected chi connectivity index (χ2v) is 5.41. The Balaban J connectivity index is 3.21. The molecule has 0 aliphatic carbocycles. The molecule has 116 valence electrons. The van der Waals surface area contributed by atoms with Gasteiger partial charge in [0.2, 0.25) is 0 Å². The van der Waals surface area contributed by atoms with Gasteiger partial charge in [-0.15, -0.1) is 0 Å². The molecule has 0 heterocycles. The summed E-state index contributed by atoms with van der Waals surface area (Å²) in [6.07, 6.45) is 13.7. The molecule has 20 heavy (non-hydrogen) atoms. The van der Waals surface area contributed by atoms with Crippen LogP contribution in [-0.4, -0.2) is 22.3 Å². The van der Waals surface area contributed by atoms with E-state index in [1.165, 1.54) is 57.8 Å². The van der Waals surface area contributed by atoms with E-state index in [2.05, 4.69) is 12.8 Å². The molecular weight excluding hydrogens is 252 g/mol. The minimum absolute atomic E-state index is 0.581. The second kappa shape index (κ2) is 14.4. The highest BCUT2D eigenvalue weighted by Crippen LogP contribution is 2.12. The molecule has 3 nitrogen and oxygen atoms in total. The van der Waals surface area contributed by atoms with Crippen molar-refractivity contribution in [2.24, 2.45) is 0 Å². The number of aliphatic hydroxyl groups is 1. The lowest BCUT2D eigenvalue weighted by atomic mass is 10.0. The fourth-order valence-electron chi connectivity index (χ4n) is 2.22. The summed E-state index contributed by atoms with van der Waals surface area (Å²) < 4.78 is 0. The molecule has 0 saturated heterocycles. The summed E-state index contributed by atoms with van der Waals surface area (Å²) in [4.78, 5) is 10.2. The number of aliphatic hydroxyl groups excluding tert-OH is 1. The first kappa shape index (κ1) is 19.0. The third kappa shape index (κ3) is 15.0. The largest absolute Gasteiger partial charge is 0.472 e. The first-order valence-electron chi connectivity index (χ1n) is 8.09. The van der Waals surface area contributed by atoms with Gasteiger partial charge in [0.15, 0.2) is 0 Å². The fourth-order valence-corrected chi connectivity index (χ4v) is 2.22. The van der Waals surface area contributed by atoms with Crippen LogP contribution in [0.15, 0.2) is 0 Å². The second-order valence-electron chi connectivity index (χ2n) is 5.41. The molecule has 0 bridgehead atoms. The van der Waals surface area contributed by atoms with Crippen LogP contribution in [0.4, 0.5) is 0 Å². The number of carboxylic acids is 1. The van der Waals surface area contributed by atoms with Crippen molar-refractivity contribution in [3.63, 3.8) is 0 Å². The number of hydrogen-bond donors (Lipinski definition) is 2. The Morgan fingerprint density at radius 2 is 1.35 bits per heavy atom. The van der Waals surface area contributed by atoms with Crippen LogP contribution in [-0.2, 0) is 4.79 Å². The number of carboxylic acid groups (broad SMARTS) is 1. The molecule has 3 heteroatoms. The highest BCUT2D eigenvalue weighted by atomic mass is 16.4. The van der Waals surface area contributed by atoms with E-state index in [0.29, 0.717) is 6.42 Å². The topological polar surface area (TPSA) is 57.5 Å². The standard InChI is InChI=1S/C17H30O3/c1-2-3-4-5-6-7-8-9-10-11-12-13-16(18)14-15-17(19)20/h16,18H,2-13H2,1H3,(H,19,20)/t16-/m1/s1. The van der Waals surface area contributed by atoms with Gasteiger partial charge in [-0.1, -0.05) is 77.1 Å². The fraction of sp³-hybridized carbons (Fsp3) is 0.824. The van der Waals surface area contributed by atoms with Crippen molar-refractivity contribution in [2.45, 2.75) is 90.1 Å². The van der Waals surface area contributed by atoms with Crippen molar-refractivity contribution in [3.05, 3.63) is 0 Å². The minimum atomic E-state index is -1.18. The molecular formula is C17H30O3. The van der Waals surface area contributed by atoms with Crippen molar-refractivity contribution in [2.75, 3.05) is 0 Å². The van der Waals surface area contributed by atoms with E-state index >= 15 is 0 Å². The maximum absolute atomic E-state index is 10.2. The molecule has 1 atom stereocenters. The van der Waals surface area contributed by atoms with E-state index in [-0.39, 0.29) is 0 Å². The SMILES string of the molecule is CCCCCCCCCCCCC[C@@H](O)C#CC(=O)O.